The second-order valence-electron chi connectivity index (χ2n) is 5.17. The Morgan fingerprint density at radius 3 is 2.95 bits per heavy atom. The molecule has 0 spiro atoms. The van der Waals surface area contributed by atoms with Crippen LogP contribution < -0.4 is 0 Å². The minimum Gasteiger partial charge on any atom is -0.377 e. The Hall–Kier alpha value is -0.910. The van der Waals surface area contributed by atoms with Gasteiger partial charge in [0.05, 0.1) is 12.6 Å². The lowest BCUT2D eigenvalue weighted by Crippen LogP contribution is -2.39. The molecule has 0 aliphatic carbocycles. The molecule has 1 aromatic rings. The minimum atomic E-state index is 0.148. The van der Waals surface area contributed by atoms with Gasteiger partial charge in [0.1, 0.15) is 0 Å². The van der Waals surface area contributed by atoms with Crippen LogP contribution in [0.15, 0.2) is 17.5 Å². The molecule has 1 aliphatic rings. The summed E-state index contributed by atoms with van der Waals surface area (Å²) < 4.78 is 5.68. The lowest BCUT2D eigenvalue weighted by molar-refractivity contribution is -0.130. The monoisotopic (exact) mass is 282 g/mol. The van der Waals surface area contributed by atoms with Crippen molar-refractivity contribution in [1.29, 1.82) is 0 Å². The number of carbonyl (C=O) groups is 1. The lowest BCUT2D eigenvalue weighted by Gasteiger charge is -2.25. The number of carbonyl (C=O) groups excluding carboxylic acids is 1. The summed E-state index contributed by atoms with van der Waals surface area (Å²) in [5.74, 6) is 0.148. The van der Waals surface area contributed by atoms with Gasteiger partial charge in [0, 0.05) is 38.7 Å². The highest BCUT2D eigenvalue weighted by atomic mass is 32.1. The van der Waals surface area contributed by atoms with Crippen molar-refractivity contribution in [2.75, 3.05) is 33.8 Å². The van der Waals surface area contributed by atoms with Crippen LogP contribution in [0.25, 0.3) is 0 Å². The molecule has 1 atom stereocenters. The van der Waals surface area contributed by atoms with E-state index in [0.29, 0.717) is 6.54 Å². The number of thiophene rings is 1. The summed E-state index contributed by atoms with van der Waals surface area (Å²) in [6, 6.07) is 4.17. The summed E-state index contributed by atoms with van der Waals surface area (Å²) in [7, 11) is 3.61. The van der Waals surface area contributed by atoms with Crippen molar-refractivity contribution in [3.63, 3.8) is 0 Å². The summed E-state index contributed by atoms with van der Waals surface area (Å²) in [5, 5.41) is 2.08. The van der Waals surface area contributed by atoms with Crippen molar-refractivity contribution in [2.24, 2.45) is 0 Å². The summed E-state index contributed by atoms with van der Waals surface area (Å²) in [4.78, 5) is 17.0. The number of amides is 1. The third-order valence-electron chi connectivity index (χ3n) is 3.30. The second kappa shape index (κ2) is 7.03. The van der Waals surface area contributed by atoms with Crippen LogP contribution in [-0.4, -0.2) is 55.6 Å². The van der Waals surface area contributed by atoms with Crippen molar-refractivity contribution in [3.8, 4) is 0 Å². The number of hydrogen-bond acceptors (Lipinski definition) is 4. The van der Waals surface area contributed by atoms with E-state index >= 15 is 0 Å². The summed E-state index contributed by atoms with van der Waals surface area (Å²) in [6.07, 6.45) is 2.53. The van der Waals surface area contributed by atoms with Crippen LogP contribution in [0.5, 0.6) is 0 Å². The van der Waals surface area contributed by atoms with Gasteiger partial charge in [-0.2, -0.15) is 0 Å². The largest absolute Gasteiger partial charge is 0.377 e. The van der Waals surface area contributed by atoms with E-state index in [4.69, 9.17) is 4.74 Å². The molecule has 106 valence electrons. The zero-order valence-corrected chi connectivity index (χ0v) is 12.5. The first kappa shape index (κ1) is 14.5. The SMILES string of the molecule is CN(C)C(=O)CN(Cc1cccs1)CC1CCCO1. The normalized spacial score (nSPS) is 19.0. The molecule has 0 saturated carbocycles. The Labute approximate surface area is 119 Å². The van der Waals surface area contributed by atoms with Gasteiger partial charge in [-0.25, -0.2) is 0 Å². The van der Waals surface area contributed by atoms with Gasteiger partial charge in [0.25, 0.3) is 0 Å². The van der Waals surface area contributed by atoms with Gasteiger partial charge in [0.2, 0.25) is 5.91 Å². The maximum Gasteiger partial charge on any atom is 0.236 e. The molecule has 1 fully saturated rings. The van der Waals surface area contributed by atoms with Gasteiger partial charge in [-0.3, -0.25) is 9.69 Å². The highest BCUT2D eigenvalue weighted by Crippen LogP contribution is 2.17. The maximum absolute atomic E-state index is 11.9. The van der Waals surface area contributed by atoms with E-state index in [1.54, 1.807) is 30.3 Å². The van der Waals surface area contributed by atoms with Crippen LogP contribution in [0.3, 0.4) is 0 Å². The molecule has 0 radical (unpaired) electrons. The smallest absolute Gasteiger partial charge is 0.236 e. The van der Waals surface area contributed by atoms with Crippen LogP contribution >= 0.6 is 11.3 Å². The average Bonchev–Trinajstić information content (AvgIpc) is 3.01. The zero-order valence-electron chi connectivity index (χ0n) is 11.7. The highest BCUT2D eigenvalue weighted by molar-refractivity contribution is 7.09. The number of ether oxygens (including phenoxy) is 1. The van der Waals surface area contributed by atoms with Crippen molar-refractivity contribution in [1.82, 2.24) is 9.80 Å². The standard InChI is InChI=1S/C14H22N2O2S/c1-15(2)14(17)11-16(9-12-5-3-7-18-12)10-13-6-4-8-19-13/h4,6,8,12H,3,5,7,9-11H2,1-2H3. The van der Waals surface area contributed by atoms with Crippen molar-refractivity contribution in [3.05, 3.63) is 22.4 Å². The Kier molecular flexibility index (Phi) is 5.36. The molecule has 2 heterocycles. The van der Waals surface area contributed by atoms with Gasteiger partial charge in [-0.15, -0.1) is 11.3 Å². The molecule has 5 heteroatoms. The number of rotatable bonds is 6. The summed E-state index contributed by atoms with van der Waals surface area (Å²) in [6.45, 7) is 3.00. The zero-order chi connectivity index (χ0) is 13.7. The van der Waals surface area contributed by atoms with Crippen molar-refractivity contribution >= 4 is 17.2 Å². The quantitative estimate of drug-likeness (QED) is 0.798. The van der Waals surface area contributed by atoms with E-state index in [9.17, 15) is 4.79 Å². The Bertz CT molecular complexity index is 386. The molecule has 0 N–H and O–H groups in total. The van der Waals surface area contributed by atoms with Crippen LogP contribution in [0.2, 0.25) is 0 Å². The fourth-order valence-corrected chi connectivity index (χ4v) is 2.96. The summed E-state index contributed by atoms with van der Waals surface area (Å²) in [5.41, 5.74) is 0. The molecular weight excluding hydrogens is 260 g/mol. The minimum absolute atomic E-state index is 0.148. The van der Waals surface area contributed by atoms with E-state index < -0.39 is 0 Å². The fourth-order valence-electron chi connectivity index (χ4n) is 2.22. The third-order valence-corrected chi connectivity index (χ3v) is 4.16. The maximum atomic E-state index is 11.9. The van der Waals surface area contributed by atoms with E-state index in [1.807, 2.05) is 0 Å². The van der Waals surface area contributed by atoms with Crippen molar-refractivity contribution in [2.45, 2.75) is 25.5 Å². The van der Waals surface area contributed by atoms with E-state index in [0.717, 1.165) is 32.5 Å². The highest BCUT2D eigenvalue weighted by Gasteiger charge is 2.21. The molecule has 1 aromatic heterocycles. The van der Waals surface area contributed by atoms with Gasteiger partial charge in [0.15, 0.2) is 0 Å². The first-order chi connectivity index (χ1) is 9.15. The molecule has 1 aliphatic heterocycles. The molecular formula is C14H22N2O2S. The molecule has 0 aromatic carbocycles. The molecule has 0 bridgehead atoms. The predicted octanol–water partition coefficient (Wildman–Crippen LogP) is 1.82. The number of likely N-dealkylation sites (N-methyl/N-ethyl adjacent to an activating group) is 1. The first-order valence-corrected chi connectivity index (χ1v) is 7.59. The Morgan fingerprint density at radius 1 is 1.53 bits per heavy atom. The van der Waals surface area contributed by atoms with E-state index in [1.165, 1.54) is 4.88 Å². The molecule has 1 saturated heterocycles. The van der Waals surface area contributed by atoms with Crippen LogP contribution in [-0.2, 0) is 16.1 Å². The second-order valence-corrected chi connectivity index (χ2v) is 6.20. The van der Waals surface area contributed by atoms with Gasteiger partial charge in [-0.05, 0) is 24.3 Å². The number of nitrogens with zero attached hydrogens (tertiary/aromatic N) is 2. The summed E-state index contributed by atoms with van der Waals surface area (Å²) >= 11 is 1.74. The fraction of sp³-hybridized carbons (Fsp3) is 0.643. The molecule has 19 heavy (non-hydrogen) atoms. The van der Waals surface area contributed by atoms with E-state index in [-0.39, 0.29) is 12.0 Å². The average molecular weight is 282 g/mol. The van der Waals surface area contributed by atoms with E-state index in [2.05, 4.69) is 22.4 Å². The Balaban J connectivity index is 1.93. The molecule has 1 unspecified atom stereocenters. The van der Waals surface area contributed by atoms with Crippen LogP contribution in [0, 0.1) is 0 Å². The third kappa shape index (κ3) is 4.60. The van der Waals surface area contributed by atoms with Crippen LogP contribution in [0.4, 0.5) is 0 Å². The van der Waals surface area contributed by atoms with Crippen LogP contribution in [0.1, 0.15) is 17.7 Å². The van der Waals surface area contributed by atoms with Gasteiger partial charge < -0.3 is 9.64 Å². The van der Waals surface area contributed by atoms with Gasteiger partial charge >= 0.3 is 0 Å². The predicted molar refractivity (Wildman–Crippen MR) is 77.3 cm³/mol. The first-order valence-electron chi connectivity index (χ1n) is 6.71. The Morgan fingerprint density at radius 2 is 2.37 bits per heavy atom. The molecule has 2 rings (SSSR count). The number of hydrogen-bond donors (Lipinski definition) is 0. The van der Waals surface area contributed by atoms with Gasteiger partial charge in [-0.1, -0.05) is 6.07 Å². The topological polar surface area (TPSA) is 32.8 Å². The molecule has 4 nitrogen and oxygen atoms in total. The lowest BCUT2D eigenvalue weighted by atomic mass is 10.2. The van der Waals surface area contributed by atoms with Crippen molar-refractivity contribution < 1.29 is 9.53 Å². The molecule has 1 amide bonds.